The summed E-state index contributed by atoms with van der Waals surface area (Å²) in [6.07, 6.45) is -1.89. The van der Waals surface area contributed by atoms with Crippen LogP contribution >= 0.6 is 0 Å². The molecule has 0 radical (unpaired) electrons. The Kier molecular flexibility index (Phi) is 4.95. The molecule has 0 aliphatic rings. The zero-order chi connectivity index (χ0) is 12.9. The van der Waals surface area contributed by atoms with Crippen LogP contribution in [0.2, 0.25) is 0 Å². The summed E-state index contributed by atoms with van der Waals surface area (Å²) in [5.74, 6) is 0. The maximum absolute atomic E-state index is 11.7. The van der Waals surface area contributed by atoms with Gasteiger partial charge in [0, 0.05) is 31.9 Å². The first kappa shape index (κ1) is 14.0. The molecule has 4 nitrogen and oxygen atoms in total. The van der Waals surface area contributed by atoms with Gasteiger partial charge in [0.05, 0.1) is 12.3 Å². The van der Waals surface area contributed by atoms with Gasteiger partial charge in [-0.15, -0.1) is 13.2 Å². The molecule has 0 unspecified atom stereocenters. The Labute approximate surface area is 97.8 Å². The average Bonchev–Trinajstić information content (AvgIpc) is 2.57. The minimum atomic E-state index is -4.55. The number of nitrogens with one attached hydrogen (secondary N) is 1. The monoisotopic (exact) mass is 251 g/mol. The second kappa shape index (κ2) is 6.02. The van der Waals surface area contributed by atoms with Crippen LogP contribution in [0.25, 0.3) is 0 Å². The van der Waals surface area contributed by atoms with Crippen LogP contribution in [0.1, 0.15) is 18.2 Å². The summed E-state index contributed by atoms with van der Waals surface area (Å²) in [5, 5.41) is 7.12. The topological polar surface area (TPSA) is 39.1 Å². The SMILES string of the molecule is CCc1nn(C)cc1CNCCOC(F)(F)F. The van der Waals surface area contributed by atoms with E-state index >= 15 is 0 Å². The van der Waals surface area contributed by atoms with Crippen molar-refractivity contribution in [2.24, 2.45) is 7.05 Å². The number of halogens is 3. The number of alkyl halides is 3. The Bertz CT molecular complexity index is 349. The van der Waals surface area contributed by atoms with E-state index in [1.807, 2.05) is 20.2 Å². The van der Waals surface area contributed by atoms with E-state index in [-0.39, 0.29) is 13.2 Å². The average molecular weight is 251 g/mol. The summed E-state index contributed by atoms with van der Waals surface area (Å²) in [6.45, 7) is 2.25. The first-order valence-corrected chi connectivity index (χ1v) is 5.35. The van der Waals surface area contributed by atoms with Crippen LogP contribution in [0.15, 0.2) is 6.20 Å². The van der Waals surface area contributed by atoms with E-state index in [2.05, 4.69) is 15.2 Å². The van der Waals surface area contributed by atoms with Gasteiger partial charge in [-0.1, -0.05) is 6.92 Å². The predicted molar refractivity (Wildman–Crippen MR) is 56.3 cm³/mol. The molecule has 17 heavy (non-hydrogen) atoms. The van der Waals surface area contributed by atoms with Crippen LogP contribution in [0, 0.1) is 0 Å². The van der Waals surface area contributed by atoms with Gasteiger partial charge < -0.3 is 5.32 Å². The lowest BCUT2D eigenvalue weighted by Crippen LogP contribution is -2.24. The molecule has 7 heteroatoms. The molecule has 98 valence electrons. The lowest BCUT2D eigenvalue weighted by Gasteiger charge is -2.08. The van der Waals surface area contributed by atoms with Gasteiger partial charge in [-0.3, -0.25) is 9.42 Å². The maximum Gasteiger partial charge on any atom is 0.522 e. The van der Waals surface area contributed by atoms with Crippen molar-refractivity contribution in [3.05, 3.63) is 17.5 Å². The second-order valence-corrected chi connectivity index (χ2v) is 3.60. The molecule has 1 heterocycles. The zero-order valence-corrected chi connectivity index (χ0v) is 9.84. The molecule has 0 fully saturated rings. The molecule has 0 amide bonds. The number of nitrogens with zero attached hydrogens (tertiary/aromatic N) is 2. The summed E-state index contributed by atoms with van der Waals surface area (Å²) in [6, 6.07) is 0. The maximum atomic E-state index is 11.7. The Morgan fingerprint density at radius 3 is 2.76 bits per heavy atom. The van der Waals surface area contributed by atoms with Crippen molar-refractivity contribution >= 4 is 0 Å². The fourth-order valence-electron chi connectivity index (χ4n) is 1.49. The lowest BCUT2D eigenvalue weighted by molar-refractivity contribution is -0.323. The number of aryl methyl sites for hydroxylation is 2. The number of hydrogen-bond donors (Lipinski definition) is 1. The standard InChI is InChI=1S/C10H16F3N3O/c1-3-9-8(7-16(2)15-9)6-14-4-5-17-10(11,12)13/h7,14H,3-6H2,1-2H3. The van der Waals surface area contributed by atoms with Gasteiger partial charge in [-0.2, -0.15) is 5.10 Å². The highest BCUT2D eigenvalue weighted by Gasteiger charge is 2.28. The molecule has 1 aromatic rings. The van der Waals surface area contributed by atoms with E-state index in [0.29, 0.717) is 6.54 Å². The second-order valence-electron chi connectivity index (χ2n) is 3.60. The van der Waals surface area contributed by atoms with Gasteiger partial charge in [0.1, 0.15) is 0 Å². The predicted octanol–water partition coefficient (Wildman–Crippen LogP) is 1.61. The van der Waals surface area contributed by atoms with Crippen LogP contribution in [0.5, 0.6) is 0 Å². The van der Waals surface area contributed by atoms with E-state index in [0.717, 1.165) is 17.7 Å². The third-order valence-electron chi connectivity index (χ3n) is 2.19. The summed E-state index contributed by atoms with van der Waals surface area (Å²) < 4.78 is 40.3. The quantitative estimate of drug-likeness (QED) is 0.781. The van der Waals surface area contributed by atoms with E-state index in [4.69, 9.17) is 0 Å². The third kappa shape index (κ3) is 5.18. The van der Waals surface area contributed by atoms with Crippen molar-refractivity contribution in [1.29, 1.82) is 0 Å². The fraction of sp³-hybridized carbons (Fsp3) is 0.700. The molecule has 0 saturated heterocycles. The van der Waals surface area contributed by atoms with Crippen LogP contribution in [0.4, 0.5) is 13.2 Å². The minimum absolute atomic E-state index is 0.150. The molecular weight excluding hydrogens is 235 g/mol. The molecule has 0 aliphatic carbocycles. The van der Waals surface area contributed by atoms with Crippen molar-refractivity contribution in [2.45, 2.75) is 26.3 Å². The number of ether oxygens (including phenoxy) is 1. The molecule has 1 rings (SSSR count). The van der Waals surface area contributed by atoms with E-state index < -0.39 is 6.36 Å². The van der Waals surface area contributed by atoms with Crippen LogP contribution < -0.4 is 5.32 Å². The van der Waals surface area contributed by atoms with Gasteiger partial charge >= 0.3 is 6.36 Å². The largest absolute Gasteiger partial charge is 0.522 e. The van der Waals surface area contributed by atoms with Crippen LogP contribution in [-0.4, -0.2) is 29.3 Å². The van der Waals surface area contributed by atoms with Crippen molar-refractivity contribution in [1.82, 2.24) is 15.1 Å². The summed E-state index contributed by atoms with van der Waals surface area (Å²) in [4.78, 5) is 0. The van der Waals surface area contributed by atoms with Crippen molar-refractivity contribution in [3.63, 3.8) is 0 Å². The first-order valence-electron chi connectivity index (χ1n) is 5.35. The van der Waals surface area contributed by atoms with Crippen molar-refractivity contribution in [3.8, 4) is 0 Å². The highest BCUT2D eigenvalue weighted by molar-refractivity contribution is 5.16. The highest BCUT2D eigenvalue weighted by atomic mass is 19.4. The molecule has 0 aliphatic heterocycles. The molecule has 0 spiro atoms. The van der Waals surface area contributed by atoms with Crippen molar-refractivity contribution in [2.75, 3.05) is 13.2 Å². The van der Waals surface area contributed by atoms with Gasteiger partial charge in [0.15, 0.2) is 0 Å². The normalized spacial score (nSPS) is 12.1. The van der Waals surface area contributed by atoms with Gasteiger partial charge in [-0.05, 0) is 6.42 Å². The Hall–Kier alpha value is -1.08. The molecule has 1 aromatic heterocycles. The minimum Gasteiger partial charge on any atom is -0.310 e. The van der Waals surface area contributed by atoms with E-state index in [1.165, 1.54) is 0 Å². The smallest absolute Gasteiger partial charge is 0.310 e. The van der Waals surface area contributed by atoms with Crippen LogP contribution in [0.3, 0.4) is 0 Å². The molecule has 0 saturated carbocycles. The zero-order valence-electron chi connectivity index (χ0n) is 9.84. The molecule has 0 bridgehead atoms. The van der Waals surface area contributed by atoms with Crippen molar-refractivity contribution < 1.29 is 17.9 Å². The molecule has 1 N–H and O–H groups in total. The number of rotatable bonds is 6. The first-order chi connectivity index (χ1) is 7.92. The third-order valence-corrected chi connectivity index (χ3v) is 2.19. The van der Waals surface area contributed by atoms with Gasteiger partial charge in [0.25, 0.3) is 0 Å². The number of hydrogen-bond acceptors (Lipinski definition) is 3. The Morgan fingerprint density at radius 2 is 2.18 bits per heavy atom. The van der Waals surface area contributed by atoms with Crippen LogP contribution in [-0.2, 0) is 24.8 Å². The molecule has 0 atom stereocenters. The summed E-state index contributed by atoms with van der Waals surface area (Å²) in [5.41, 5.74) is 1.96. The lowest BCUT2D eigenvalue weighted by atomic mass is 10.2. The molecule has 0 aromatic carbocycles. The Balaban J connectivity index is 2.26. The molecular formula is C10H16F3N3O. The fourth-order valence-corrected chi connectivity index (χ4v) is 1.49. The summed E-state index contributed by atoms with van der Waals surface area (Å²) in [7, 11) is 1.81. The van der Waals surface area contributed by atoms with E-state index in [9.17, 15) is 13.2 Å². The summed E-state index contributed by atoms with van der Waals surface area (Å²) >= 11 is 0. The Morgan fingerprint density at radius 1 is 1.47 bits per heavy atom. The number of aromatic nitrogens is 2. The van der Waals surface area contributed by atoms with Gasteiger partial charge in [0.2, 0.25) is 0 Å². The van der Waals surface area contributed by atoms with Gasteiger partial charge in [-0.25, -0.2) is 0 Å². The van der Waals surface area contributed by atoms with E-state index in [1.54, 1.807) is 4.68 Å². The highest BCUT2D eigenvalue weighted by Crippen LogP contribution is 2.15.